The fourth-order valence-electron chi connectivity index (χ4n) is 2.07. The Balaban J connectivity index is 2.35. The molecule has 2 heterocycles. The van der Waals surface area contributed by atoms with Gasteiger partial charge >= 0.3 is 0 Å². The Labute approximate surface area is 111 Å². The zero-order valence-electron chi connectivity index (χ0n) is 10.0. The monoisotopic (exact) mass is 275 g/mol. The molecule has 0 atom stereocenters. The average Bonchev–Trinajstić information content (AvgIpc) is 2.66. The first-order valence-corrected chi connectivity index (χ1v) is 6.43. The Morgan fingerprint density at radius 1 is 1.42 bits per heavy atom. The van der Waals surface area contributed by atoms with Gasteiger partial charge in [-0.3, -0.25) is 9.78 Å². The van der Waals surface area contributed by atoms with Gasteiger partial charge in [0.05, 0.1) is 5.39 Å². The number of thiophene rings is 1. The predicted molar refractivity (Wildman–Crippen MR) is 74.8 cm³/mol. The summed E-state index contributed by atoms with van der Waals surface area (Å²) in [4.78, 5) is 19.9. The number of nitrogens with one attached hydrogen (secondary N) is 1. The SMILES string of the molecule is Cc1c(-c2cccc(F)c2)sc2nc(N)[nH]c(=O)c12. The minimum Gasteiger partial charge on any atom is -0.369 e. The number of rotatable bonds is 1. The third-order valence-electron chi connectivity index (χ3n) is 2.91. The van der Waals surface area contributed by atoms with Crippen LogP contribution in [0.4, 0.5) is 10.3 Å². The van der Waals surface area contributed by atoms with Gasteiger partial charge in [-0.2, -0.15) is 0 Å². The van der Waals surface area contributed by atoms with E-state index in [1.165, 1.54) is 23.5 Å². The molecule has 96 valence electrons. The summed E-state index contributed by atoms with van der Waals surface area (Å²) < 4.78 is 13.3. The van der Waals surface area contributed by atoms with Crippen molar-refractivity contribution < 1.29 is 4.39 Å². The number of anilines is 1. The number of aryl methyl sites for hydroxylation is 1. The molecule has 0 saturated carbocycles. The number of aromatic nitrogens is 2. The Bertz CT molecular complexity index is 838. The van der Waals surface area contributed by atoms with Crippen molar-refractivity contribution in [1.82, 2.24) is 9.97 Å². The van der Waals surface area contributed by atoms with E-state index in [4.69, 9.17) is 5.73 Å². The first-order valence-electron chi connectivity index (χ1n) is 5.61. The van der Waals surface area contributed by atoms with Crippen molar-refractivity contribution in [2.45, 2.75) is 6.92 Å². The van der Waals surface area contributed by atoms with Crippen molar-refractivity contribution in [3.8, 4) is 10.4 Å². The molecule has 0 radical (unpaired) electrons. The van der Waals surface area contributed by atoms with Crippen LogP contribution in [0.5, 0.6) is 0 Å². The molecule has 1 aromatic carbocycles. The van der Waals surface area contributed by atoms with Crippen LogP contribution in [0.15, 0.2) is 29.1 Å². The predicted octanol–water partition coefficient (Wildman–Crippen LogP) is 2.68. The number of fused-ring (bicyclic) bond motifs is 1. The van der Waals surface area contributed by atoms with Gasteiger partial charge in [0.2, 0.25) is 5.95 Å². The Kier molecular flexibility index (Phi) is 2.60. The van der Waals surface area contributed by atoms with Crippen molar-refractivity contribution in [2.75, 3.05) is 5.73 Å². The Morgan fingerprint density at radius 3 is 2.95 bits per heavy atom. The van der Waals surface area contributed by atoms with E-state index in [2.05, 4.69) is 9.97 Å². The van der Waals surface area contributed by atoms with Gasteiger partial charge in [-0.15, -0.1) is 11.3 Å². The standard InChI is InChI=1S/C13H10FN3OS/c1-6-9-11(18)16-13(15)17-12(9)19-10(6)7-3-2-4-8(14)5-7/h2-5H,1H3,(H3,15,16,17,18). The van der Waals surface area contributed by atoms with Gasteiger partial charge < -0.3 is 5.73 Å². The van der Waals surface area contributed by atoms with E-state index in [0.717, 1.165) is 16.0 Å². The van der Waals surface area contributed by atoms with Crippen LogP contribution in [0, 0.1) is 12.7 Å². The summed E-state index contributed by atoms with van der Waals surface area (Å²) in [6.45, 7) is 1.83. The third kappa shape index (κ3) is 1.90. The molecule has 2 aromatic heterocycles. The van der Waals surface area contributed by atoms with Crippen molar-refractivity contribution in [2.24, 2.45) is 0 Å². The number of aromatic amines is 1. The second-order valence-electron chi connectivity index (χ2n) is 4.20. The first kappa shape index (κ1) is 11.9. The zero-order chi connectivity index (χ0) is 13.6. The van der Waals surface area contributed by atoms with Crippen LogP contribution in [-0.2, 0) is 0 Å². The largest absolute Gasteiger partial charge is 0.369 e. The molecule has 0 saturated heterocycles. The van der Waals surface area contributed by atoms with Gasteiger partial charge in [0, 0.05) is 4.88 Å². The van der Waals surface area contributed by atoms with Crippen molar-refractivity contribution >= 4 is 27.5 Å². The van der Waals surface area contributed by atoms with Crippen LogP contribution >= 0.6 is 11.3 Å². The highest BCUT2D eigenvalue weighted by atomic mass is 32.1. The molecule has 0 aliphatic rings. The maximum absolute atomic E-state index is 13.3. The molecule has 0 amide bonds. The van der Waals surface area contributed by atoms with Gasteiger partial charge in [-0.05, 0) is 30.2 Å². The molecule has 3 rings (SSSR count). The second kappa shape index (κ2) is 4.17. The van der Waals surface area contributed by atoms with Gasteiger partial charge in [0.15, 0.2) is 0 Å². The van der Waals surface area contributed by atoms with Gasteiger partial charge in [-0.25, -0.2) is 9.37 Å². The van der Waals surface area contributed by atoms with Gasteiger partial charge in [0.25, 0.3) is 5.56 Å². The molecule has 0 aliphatic carbocycles. The summed E-state index contributed by atoms with van der Waals surface area (Å²) in [6, 6.07) is 6.27. The second-order valence-corrected chi connectivity index (χ2v) is 5.20. The molecule has 0 fully saturated rings. The molecule has 0 unspecified atom stereocenters. The van der Waals surface area contributed by atoms with Crippen LogP contribution in [0.3, 0.4) is 0 Å². The molecule has 4 nitrogen and oxygen atoms in total. The summed E-state index contributed by atoms with van der Waals surface area (Å²) in [5, 5.41) is 0.512. The van der Waals surface area contributed by atoms with Crippen LogP contribution in [-0.4, -0.2) is 9.97 Å². The lowest BCUT2D eigenvalue weighted by atomic mass is 10.1. The van der Waals surface area contributed by atoms with Crippen LogP contribution in [0.1, 0.15) is 5.56 Å². The summed E-state index contributed by atoms with van der Waals surface area (Å²) in [5.41, 5.74) is 6.79. The van der Waals surface area contributed by atoms with E-state index in [9.17, 15) is 9.18 Å². The molecule has 6 heteroatoms. The highest BCUT2D eigenvalue weighted by Crippen LogP contribution is 2.35. The number of nitrogens with zero attached hydrogens (tertiary/aromatic N) is 1. The number of halogens is 1. The van der Waals surface area contributed by atoms with E-state index in [-0.39, 0.29) is 17.3 Å². The van der Waals surface area contributed by atoms with Gasteiger partial charge in [-0.1, -0.05) is 12.1 Å². The number of nitrogen functional groups attached to an aromatic ring is 1. The van der Waals surface area contributed by atoms with Crippen molar-refractivity contribution in [3.63, 3.8) is 0 Å². The fourth-order valence-corrected chi connectivity index (χ4v) is 3.25. The number of hydrogen-bond acceptors (Lipinski definition) is 4. The smallest absolute Gasteiger partial charge is 0.261 e. The maximum Gasteiger partial charge on any atom is 0.261 e. The lowest BCUT2D eigenvalue weighted by Crippen LogP contribution is -2.10. The normalized spacial score (nSPS) is 11.1. The number of nitrogens with two attached hydrogens (primary N) is 1. The Hall–Kier alpha value is -2.21. The number of hydrogen-bond donors (Lipinski definition) is 2. The lowest BCUT2D eigenvalue weighted by molar-refractivity contribution is 0.628. The highest BCUT2D eigenvalue weighted by Gasteiger charge is 2.15. The molecule has 0 bridgehead atoms. The summed E-state index contributed by atoms with van der Waals surface area (Å²) in [6.07, 6.45) is 0. The minimum atomic E-state index is -0.310. The average molecular weight is 275 g/mol. The molecular formula is C13H10FN3OS. The topological polar surface area (TPSA) is 71.8 Å². The fraction of sp³-hybridized carbons (Fsp3) is 0.0769. The minimum absolute atomic E-state index is 0.0875. The summed E-state index contributed by atoms with van der Waals surface area (Å²) in [5.74, 6) is -0.222. The van der Waals surface area contributed by atoms with E-state index in [1.807, 2.05) is 6.92 Å². The molecule has 0 aliphatic heterocycles. The summed E-state index contributed by atoms with van der Waals surface area (Å²) in [7, 11) is 0. The van der Waals surface area contributed by atoms with Gasteiger partial charge in [0.1, 0.15) is 10.6 Å². The van der Waals surface area contributed by atoms with Crippen LogP contribution in [0.2, 0.25) is 0 Å². The molecule has 3 N–H and O–H groups in total. The number of H-pyrrole nitrogens is 1. The van der Waals surface area contributed by atoms with Crippen LogP contribution < -0.4 is 11.3 Å². The van der Waals surface area contributed by atoms with E-state index < -0.39 is 0 Å². The van der Waals surface area contributed by atoms with E-state index >= 15 is 0 Å². The molecule has 19 heavy (non-hydrogen) atoms. The first-order chi connectivity index (χ1) is 9.06. The molecule has 0 spiro atoms. The quantitative estimate of drug-likeness (QED) is 0.717. The molecular weight excluding hydrogens is 265 g/mol. The van der Waals surface area contributed by atoms with Crippen LogP contribution in [0.25, 0.3) is 20.7 Å². The lowest BCUT2D eigenvalue weighted by Gasteiger charge is -1.99. The highest BCUT2D eigenvalue weighted by molar-refractivity contribution is 7.22. The molecule has 3 aromatic rings. The van der Waals surface area contributed by atoms with Crippen molar-refractivity contribution in [1.29, 1.82) is 0 Å². The maximum atomic E-state index is 13.3. The zero-order valence-corrected chi connectivity index (χ0v) is 10.8. The van der Waals surface area contributed by atoms with E-state index in [0.29, 0.717) is 10.2 Å². The van der Waals surface area contributed by atoms with Crippen molar-refractivity contribution in [3.05, 3.63) is 46.0 Å². The summed E-state index contributed by atoms with van der Waals surface area (Å²) >= 11 is 1.34. The van der Waals surface area contributed by atoms with E-state index in [1.54, 1.807) is 12.1 Å². The number of benzene rings is 1. The third-order valence-corrected chi connectivity index (χ3v) is 4.14. The Morgan fingerprint density at radius 2 is 2.21 bits per heavy atom.